The molecule has 31 heavy (non-hydrogen) atoms. The number of anilines is 1. The zero-order chi connectivity index (χ0) is 22.1. The Bertz CT molecular complexity index is 1260. The van der Waals surface area contributed by atoms with Crippen LogP contribution in [-0.4, -0.2) is 28.3 Å². The maximum Gasteiger partial charge on any atom is 0.267 e. The first-order valence-corrected chi connectivity index (χ1v) is 9.72. The summed E-state index contributed by atoms with van der Waals surface area (Å²) in [6, 6.07) is 12.0. The van der Waals surface area contributed by atoms with Crippen molar-refractivity contribution in [2.75, 3.05) is 12.1 Å². The molecule has 0 atom stereocenters. The summed E-state index contributed by atoms with van der Waals surface area (Å²) in [5.74, 6) is 0.156. The number of nitrogens with zero attached hydrogens (tertiary/aromatic N) is 2. The minimum absolute atomic E-state index is 0.0503. The van der Waals surface area contributed by atoms with Gasteiger partial charge in [0.25, 0.3) is 5.56 Å². The summed E-state index contributed by atoms with van der Waals surface area (Å²) in [4.78, 5) is 36.9. The Balaban J connectivity index is 1.59. The second-order valence-electron chi connectivity index (χ2n) is 7.37. The molecule has 0 unspecified atom stereocenters. The highest BCUT2D eigenvalue weighted by Crippen LogP contribution is 2.37. The van der Waals surface area contributed by atoms with Crippen LogP contribution < -0.4 is 20.3 Å². The van der Waals surface area contributed by atoms with Crippen molar-refractivity contribution in [3.63, 3.8) is 0 Å². The monoisotopic (exact) mass is 419 g/mol. The molecule has 1 aliphatic rings. The van der Waals surface area contributed by atoms with E-state index in [2.05, 4.69) is 10.4 Å². The Labute approximate surface area is 178 Å². The zero-order valence-electron chi connectivity index (χ0n) is 17.4. The summed E-state index contributed by atoms with van der Waals surface area (Å²) in [5.41, 5.74) is 3.88. The third-order valence-electron chi connectivity index (χ3n) is 5.13. The molecule has 8 nitrogen and oxygen atoms in total. The van der Waals surface area contributed by atoms with E-state index in [4.69, 9.17) is 9.47 Å². The van der Waals surface area contributed by atoms with Crippen molar-refractivity contribution in [3.05, 3.63) is 69.5 Å². The van der Waals surface area contributed by atoms with Gasteiger partial charge in [0.2, 0.25) is 12.7 Å². The Morgan fingerprint density at radius 2 is 1.77 bits per heavy atom. The summed E-state index contributed by atoms with van der Waals surface area (Å²) in [7, 11) is 0. The van der Waals surface area contributed by atoms with Gasteiger partial charge in [0.15, 0.2) is 17.3 Å². The van der Waals surface area contributed by atoms with Crippen molar-refractivity contribution < 1.29 is 19.1 Å². The second kappa shape index (κ2) is 8.06. The van der Waals surface area contributed by atoms with Gasteiger partial charge >= 0.3 is 0 Å². The molecule has 1 amide bonds. The number of amides is 1. The van der Waals surface area contributed by atoms with Crippen molar-refractivity contribution in [2.24, 2.45) is 0 Å². The number of hydrogen-bond acceptors (Lipinski definition) is 6. The first kappa shape index (κ1) is 20.3. The van der Waals surface area contributed by atoms with Crippen molar-refractivity contribution in [1.29, 1.82) is 0 Å². The summed E-state index contributed by atoms with van der Waals surface area (Å²) < 4.78 is 11.7. The van der Waals surface area contributed by atoms with E-state index in [-0.39, 0.29) is 19.1 Å². The highest BCUT2D eigenvalue weighted by molar-refractivity contribution is 6.04. The minimum atomic E-state index is -0.492. The Morgan fingerprint density at radius 3 is 2.48 bits per heavy atom. The number of ether oxygens (including phenoxy) is 2. The standard InChI is InChI=1S/C23H21N3O5/c1-13-4-5-16(8-14(13)2)18-6-7-23(29)26(25-18)11-22(28)24-19-10-21-20(30-12-31-21)9-17(19)15(3)27/h4-10H,11-12H2,1-3H3,(H,24,28). The van der Waals surface area contributed by atoms with Crippen LogP contribution >= 0.6 is 0 Å². The molecule has 0 bridgehead atoms. The van der Waals surface area contributed by atoms with E-state index in [1.807, 2.05) is 32.0 Å². The van der Waals surface area contributed by atoms with Crippen LogP contribution in [0.4, 0.5) is 5.69 Å². The first-order chi connectivity index (χ1) is 14.8. The fourth-order valence-corrected chi connectivity index (χ4v) is 3.28. The van der Waals surface area contributed by atoms with Gasteiger partial charge < -0.3 is 14.8 Å². The minimum Gasteiger partial charge on any atom is -0.454 e. The summed E-state index contributed by atoms with van der Waals surface area (Å²) in [6.07, 6.45) is 0. The number of nitrogens with one attached hydrogen (secondary N) is 1. The van der Waals surface area contributed by atoms with E-state index < -0.39 is 11.5 Å². The molecule has 1 N–H and O–H groups in total. The molecular formula is C23H21N3O5. The predicted molar refractivity (Wildman–Crippen MR) is 115 cm³/mol. The molecule has 0 aliphatic carbocycles. The highest BCUT2D eigenvalue weighted by Gasteiger charge is 2.20. The lowest BCUT2D eigenvalue weighted by Gasteiger charge is -2.12. The Hall–Kier alpha value is -3.94. The predicted octanol–water partition coefficient (Wildman–Crippen LogP) is 3.10. The molecule has 4 rings (SSSR count). The number of rotatable bonds is 5. The lowest BCUT2D eigenvalue weighted by molar-refractivity contribution is -0.117. The van der Waals surface area contributed by atoms with E-state index in [1.165, 1.54) is 19.1 Å². The maximum atomic E-state index is 12.7. The molecule has 0 spiro atoms. The Morgan fingerprint density at radius 1 is 1.03 bits per heavy atom. The van der Waals surface area contributed by atoms with Gasteiger partial charge in [-0.3, -0.25) is 14.4 Å². The first-order valence-electron chi connectivity index (χ1n) is 9.72. The van der Waals surface area contributed by atoms with E-state index in [0.29, 0.717) is 28.4 Å². The van der Waals surface area contributed by atoms with Gasteiger partial charge in [-0.25, -0.2) is 4.68 Å². The molecule has 0 radical (unpaired) electrons. The van der Waals surface area contributed by atoms with E-state index in [0.717, 1.165) is 21.4 Å². The van der Waals surface area contributed by atoms with Crippen LogP contribution in [0.5, 0.6) is 11.5 Å². The number of aryl methyl sites for hydroxylation is 2. The molecule has 0 fully saturated rings. The number of carbonyl (C=O) groups is 2. The molecular weight excluding hydrogens is 398 g/mol. The fraction of sp³-hybridized carbons (Fsp3) is 0.217. The average Bonchev–Trinajstić information content (AvgIpc) is 3.18. The molecule has 0 saturated heterocycles. The smallest absolute Gasteiger partial charge is 0.267 e. The number of carbonyl (C=O) groups excluding carboxylic acids is 2. The van der Waals surface area contributed by atoms with Crippen LogP contribution in [0, 0.1) is 13.8 Å². The summed E-state index contributed by atoms with van der Waals surface area (Å²) in [6.45, 7) is 5.16. The summed E-state index contributed by atoms with van der Waals surface area (Å²) in [5, 5.41) is 7.02. The molecule has 2 heterocycles. The zero-order valence-corrected chi connectivity index (χ0v) is 17.4. The van der Waals surface area contributed by atoms with Crippen LogP contribution in [0.3, 0.4) is 0 Å². The maximum absolute atomic E-state index is 12.7. The number of hydrogen-bond donors (Lipinski definition) is 1. The number of aromatic nitrogens is 2. The van der Waals surface area contributed by atoms with Crippen LogP contribution in [0.25, 0.3) is 11.3 Å². The van der Waals surface area contributed by atoms with Crippen molar-refractivity contribution in [1.82, 2.24) is 9.78 Å². The molecule has 8 heteroatoms. The molecule has 158 valence electrons. The van der Waals surface area contributed by atoms with Crippen molar-refractivity contribution >= 4 is 17.4 Å². The van der Waals surface area contributed by atoms with Crippen LogP contribution in [0.2, 0.25) is 0 Å². The second-order valence-corrected chi connectivity index (χ2v) is 7.37. The van der Waals surface area contributed by atoms with Gasteiger partial charge in [-0.1, -0.05) is 12.1 Å². The third-order valence-corrected chi connectivity index (χ3v) is 5.13. The number of fused-ring (bicyclic) bond motifs is 1. The molecule has 2 aromatic carbocycles. The lowest BCUT2D eigenvalue weighted by Crippen LogP contribution is -2.29. The van der Waals surface area contributed by atoms with Gasteiger partial charge in [-0.15, -0.1) is 0 Å². The van der Waals surface area contributed by atoms with Crippen molar-refractivity contribution in [2.45, 2.75) is 27.3 Å². The average molecular weight is 419 g/mol. The highest BCUT2D eigenvalue weighted by atomic mass is 16.7. The molecule has 1 aliphatic heterocycles. The van der Waals surface area contributed by atoms with Crippen LogP contribution in [-0.2, 0) is 11.3 Å². The number of ketones is 1. The molecule has 0 saturated carbocycles. The lowest BCUT2D eigenvalue weighted by atomic mass is 10.0. The van der Waals surface area contributed by atoms with Gasteiger partial charge in [-0.05, 0) is 50.1 Å². The third kappa shape index (κ3) is 4.18. The van der Waals surface area contributed by atoms with E-state index in [1.54, 1.807) is 12.1 Å². The van der Waals surface area contributed by atoms with Gasteiger partial charge in [-0.2, -0.15) is 5.10 Å². The van der Waals surface area contributed by atoms with E-state index >= 15 is 0 Å². The quantitative estimate of drug-likeness (QED) is 0.638. The topological polar surface area (TPSA) is 99.5 Å². The van der Waals surface area contributed by atoms with Gasteiger partial charge in [0.1, 0.15) is 6.54 Å². The largest absolute Gasteiger partial charge is 0.454 e. The van der Waals surface area contributed by atoms with E-state index in [9.17, 15) is 14.4 Å². The number of benzene rings is 2. The fourth-order valence-electron chi connectivity index (χ4n) is 3.28. The Kier molecular flexibility index (Phi) is 5.29. The van der Waals surface area contributed by atoms with Crippen LogP contribution in [0.15, 0.2) is 47.3 Å². The molecule has 1 aromatic heterocycles. The van der Waals surface area contributed by atoms with Gasteiger partial charge in [0, 0.05) is 23.3 Å². The SMILES string of the molecule is CC(=O)c1cc2c(cc1NC(=O)Cn1nc(-c3ccc(C)c(C)c3)ccc1=O)OCO2. The summed E-state index contributed by atoms with van der Waals surface area (Å²) >= 11 is 0. The molecule has 3 aromatic rings. The number of Topliss-reactive ketones (excluding diaryl/α,β-unsaturated/α-hetero) is 1. The van der Waals surface area contributed by atoms with Gasteiger partial charge in [0.05, 0.1) is 11.4 Å². The van der Waals surface area contributed by atoms with Crippen LogP contribution in [0.1, 0.15) is 28.4 Å². The van der Waals surface area contributed by atoms with Crippen molar-refractivity contribution in [3.8, 4) is 22.8 Å². The normalized spacial score (nSPS) is 12.0.